The van der Waals surface area contributed by atoms with Crippen molar-refractivity contribution in [1.29, 1.82) is 0 Å². The third kappa shape index (κ3) is 5.01. The Hall–Kier alpha value is -3.16. The summed E-state index contributed by atoms with van der Waals surface area (Å²) >= 11 is 0. The number of aromatic hydroxyl groups is 1. The van der Waals surface area contributed by atoms with E-state index in [1.54, 1.807) is 12.1 Å². The maximum Gasteiger partial charge on any atom is 0.300 e. The van der Waals surface area contributed by atoms with Crippen molar-refractivity contribution in [2.24, 2.45) is 0 Å². The number of aromatic nitrogens is 1. The van der Waals surface area contributed by atoms with Gasteiger partial charge < -0.3 is 25.6 Å². The predicted octanol–water partition coefficient (Wildman–Crippen LogP) is 2.11. The number of fused-ring (bicyclic) bond motifs is 2. The number of carbonyl (C=O) groups is 1. The molecule has 0 saturated heterocycles. The molecule has 0 fully saturated rings. The summed E-state index contributed by atoms with van der Waals surface area (Å²) in [5, 5.41) is 32.1. The first-order valence-corrected chi connectivity index (χ1v) is 9.38. The number of aliphatic hydroxyl groups is 1. The second-order valence-corrected chi connectivity index (χ2v) is 7.10. The number of phenols is 1. The maximum atomic E-state index is 11.5. The molecule has 7 nitrogen and oxygen atoms in total. The molecule has 0 spiro atoms. The molecule has 0 aliphatic heterocycles. The smallest absolute Gasteiger partial charge is 0.300 e. The Morgan fingerprint density at radius 1 is 1.14 bits per heavy atom. The Morgan fingerprint density at radius 2 is 1.76 bits per heavy atom. The van der Waals surface area contributed by atoms with Gasteiger partial charge >= 0.3 is 0 Å². The van der Waals surface area contributed by atoms with Gasteiger partial charge in [-0.1, -0.05) is 30.3 Å². The summed E-state index contributed by atoms with van der Waals surface area (Å²) in [4.78, 5) is 23.1. The molecule has 1 atom stereocenters. The molecule has 4 rings (SSSR count). The minimum absolute atomic E-state index is 0.00264. The van der Waals surface area contributed by atoms with Crippen molar-refractivity contribution in [3.8, 4) is 5.75 Å². The van der Waals surface area contributed by atoms with Crippen molar-refractivity contribution < 1.29 is 20.1 Å². The van der Waals surface area contributed by atoms with Crippen LogP contribution in [0.5, 0.6) is 5.75 Å². The largest absolute Gasteiger partial charge is 0.506 e. The molecule has 2 aromatic carbocycles. The molecule has 1 aromatic heterocycles. The number of H-pyrrole nitrogens is 1. The number of carboxylic acids is 1. The van der Waals surface area contributed by atoms with Gasteiger partial charge in [-0.2, -0.15) is 0 Å². The van der Waals surface area contributed by atoms with Gasteiger partial charge in [0, 0.05) is 31.0 Å². The van der Waals surface area contributed by atoms with Crippen LogP contribution < -0.4 is 10.9 Å². The number of aromatic amines is 1. The average molecular weight is 396 g/mol. The third-order valence-electron chi connectivity index (χ3n) is 4.92. The summed E-state index contributed by atoms with van der Waals surface area (Å²) in [6, 6.07) is 15.0. The van der Waals surface area contributed by atoms with Gasteiger partial charge in [-0.05, 0) is 41.7 Å². The third-order valence-corrected chi connectivity index (χ3v) is 4.92. The number of pyridine rings is 1. The highest BCUT2D eigenvalue weighted by Gasteiger charge is 2.22. The van der Waals surface area contributed by atoms with Crippen molar-refractivity contribution in [3.63, 3.8) is 0 Å². The molecule has 1 unspecified atom stereocenters. The van der Waals surface area contributed by atoms with Crippen LogP contribution in [0.3, 0.4) is 0 Å². The lowest BCUT2D eigenvalue weighted by Crippen LogP contribution is -2.33. The minimum atomic E-state index is -0.833. The monoisotopic (exact) mass is 396 g/mol. The van der Waals surface area contributed by atoms with Gasteiger partial charge in [-0.25, -0.2) is 0 Å². The quantitative estimate of drug-likeness (QED) is 0.460. The molecule has 3 aromatic rings. The lowest BCUT2D eigenvalue weighted by Gasteiger charge is -2.18. The van der Waals surface area contributed by atoms with E-state index in [1.807, 2.05) is 0 Å². The van der Waals surface area contributed by atoms with Crippen LogP contribution in [0.15, 0.2) is 53.3 Å². The molecule has 0 bridgehead atoms. The van der Waals surface area contributed by atoms with Crippen molar-refractivity contribution in [2.45, 2.75) is 31.9 Å². The van der Waals surface area contributed by atoms with Gasteiger partial charge in [-0.3, -0.25) is 9.59 Å². The summed E-state index contributed by atoms with van der Waals surface area (Å²) in [5.74, 6) is -0.831. The van der Waals surface area contributed by atoms with Crippen molar-refractivity contribution in [2.75, 3.05) is 6.54 Å². The van der Waals surface area contributed by atoms with Gasteiger partial charge in [0.25, 0.3) is 5.97 Å². The first-order valence-electron chi connectivity index (χ1n) is 9.38. The molecular weight excluding hydrogens is 372 g/mol. The normalized spacial score (nSPS) is 14.1. The fourth-order valence-electron chi connectivity index (χ4n) is 3.64. The zero-order valence-corrected chi connectivity index (χ0v) is 16.1. The Bertz CT molecular complexity index is 1050. The van der Waals surface area contributed by atoms with E-state index in [-0.39, 0.29) is 11.3 Å². The van der Waals surface area contributed by atoms with Crippen LogP contribution in [-0.4, -0.2) is 38.9 Å². The lowest BCUT2D eigenvalue weighted by molar-refractivity contribution is -0.134. The van der Waals surface area contributed by atoms with Gasteiger partial charge in [0.2, 0.25) is 5.56 Å². The predicted molar refractivity (Wildman–Crippen MR) is 110 cm³/mol. The van der Waals surface area contributed by atoms with E-state index < -0.39 is 12.1 Å². The lowest BCUT2D eigenvalue weighted by atomic mass is 10.0. The van der Waals surface area contributed by atoms with Crippen LogP contribution in [0.25, 0.3) is 10.9 Å². The first-order chi connectivity index (χ1) is 13.8. The molecule has 0 radical (unpaired) electrons. The Balaban J connectivity index is 0.000000552. The summed E-state index contributed by atoms with van der Waals surface area (Å²) in [7, 11) is 0. The molecule has 5 N–H and O–H groups in total. The van der Waals surface area contributed by atoms with Gasteiger partial charge in [-0.15, -0.1) is 0 Å². The van der Waals surface area contributed by atoms with Crippen LogP contribution in [0.1, 0.15) is 29.7 Å². The molecule has 1 heterocycles. The van der Waals surface area contributed by atoms with Crippen LogP contribution >= 0.6 is 0 Å². The fourth-order valence-corrected chi connectivity index (χ4v) is 3.64. The van der Waals surface area contributed by atoms with E-state index in [4.69, 9.17) is 9.90 Å². The first kappa shape index (κ1) is 20.6. The molecule has 1 aliphatic carbocycles. The van der Waals surface area contributed by atoms with Gasteiger partial charge in [0.1, 0.15) is 5.75 Å². The highest BCUT2D eigenvalue weighted by Crippen LogP contribution is 2.29. The van der Waals surface area contributed by atoms with Crippen LogP contribution in [0, 0.1) is 0 Å². The van der Waals surface area contributed by atoms with Crippen molar-refractivity contribution in [3.05, 3.63) is 75.6 Å². The average Bonchev–Trinajstić information content (AvgIpc) is 3.09. The molecule has 0 amide bonds. The van der Waals surface area contributed by atoms with Crippen molar-refractivity contribution >= 4 is 16.9 Å². The van der Waals surface area contributed by atoms with Crippen LogP contribution in [-0.2, 0) is 17.6 Å². The van der Waals surface area contributed by atoms with Crippen LogP contribution in [0.2, 0.25) is 0 Å². The Labute approximate surface area is 167 Å². The summed E-state index contributed by atoms with van der Waals surface area (Å²) in [6.45, 7) is 1.50. The SMILES string of the molecule is CC(=O)O.O=c1ccc2c(C(O)CNC3Cc4ccccc4C3)ccc(O)c2[nH]1. The highest BCUT2D eigenvalue weighted by atomic mass is 16.4. The number of carboxylic acid groups (broad SMARTS) is 1. The topological polar surface area (TPSA) is 123 Å². The van der Waals surface area contributed by atoms with E-state index in [0.717, 1.165) is 19.8 Å². The minimum Gasteiger partial charge on any atom is -0.506 e. The van der Waals surface area contributed by atoms with Crippen molar-refractivity contribution in [1.82, 2.24) is 10.3 Å². The number of benzene rings is 2. The standard InChI is InChI=1S/C20H20N2O3.C2H4O2/c23-17-7-5-15(16-6-8-19(25)22-20(16)17)18(24)11-21-14-9-12-3-1-2-4-13(12)10-14;1-2(3)4/h1-8,14,18,21,23-24H,9-11H2,(H,22,25);1H3,(H,3,4). The van der Waals surface area contributed by atoms with Crippen LogP contribution in [0.4, 0.5) is 0 Å². The number of hydrogen-bond donors (Lipinski definition) is 5. The molecule has 7 heteroatoms. The zero-order chi connectivity index (χ0) is 21.0. The van der Waals surface area contributed by atoms with E-state index >= 15 is 0 Å². The zero-order valence-electron chi connectivity index (χ0n) is 16.1. The molecule has 29 heavy (non-hydrogen) atoms. The fraction of sp³-hybridized carbons (Fsp3) is 0.273. The second kappa shape index (κ2) is 8.89. The Kier molecular flexibility index (Phi) is 6.31. The van der Waals surface area contributed by atoms with E-state index in [1.165, 1.54) is 23.3 Å². The number of nitrogens with one attached hydrogen (secondary N) is 2. The molecule has 0 saturated carbocycles. The molecule has 1 aliphatic rings. The molecule has 152 valence electrons. The maximum absolute atomic E-state index is 11.5. The highest BCUT2D eigenvalue weighted by molar-refractivity contribution is 5.87. The summed E-state index contributed by atoms with van der Waals surface area (Å²) in [5.41, 5.74) is 3.49. The number of aliphatic hydroxyl groups excluding tert-OH is 1. The second-order valence-electron chi connectivity index (χ2n) is 7.10. The molecular formula is C22H24N2O5. The number of hydrogen-bond acceptors (Lipinski definition) is 5. The van der Waals surface area contributed by atoms with E-state index in [2.05, 4.69) is 34.6 Å². The van der Waals surface area contributed by atoms with Gasteiger partial charge in [0.05, 0.1) is 11.6 Å². The van der Waals surface area contributed by atoms with Gasteiger partial charge in [0.15, 0.2) is 0 Å². The Morgan fingerprint density at radius 3 is 2.38 bits per heavy atom. The summed E-state index contributed by atoms with van der Waals surface area (Å²) in [6.07, 6.45) is 1.21. The summed E-state index contributed by atoms with van der Waals surface area (Å²) < 4.78 is 0. The number of rotatable bonds is 4. The number of phenolic OH excluding ortho intramolecular Hbond substituents is 1. The van der Waals surface area contributed by atoms with E-state index in [9.17, 15) is 15.0 Å². The number of aliphatic carboxylic acids is 1. The van der Waals surface area contributed by atoms with E-state index in [0.29, 0.717) is 29.1 Å².